The molecule has 0 amide bonds. The monoisotopic (exact) mass is 338 g/mol. The van der Waals surface area contributed by atoms with Crippen LogP contribution in [0, 0.1) is 18.8 Å². The van der Waals surface area contributed by atoms with Gasteiger partial charge in [0.05, 0.1) is 12.1 Å². The van der Waals surface area contributed by atoms with Crippen molar-refractivity contribution in [1.82, 2.24) is 9.97 Å². The van der Waals surface area contributed by atoms with Crippen molar-refractivity contribution >= 4 is 11.6 Å². The summed E-state index contributed by atoms with van der Waals surface area (Å²) in [6.07, 6.45) is 4.26. The average Bonchev–Trinajstić information content (AvgIpc) is 3.05. The van der Waals surface area contributed by atoms with Crippen LogP contribution in [0.25, 0.3) is 0 Å². The van der Waals surface area contributed by atoms with Gasteiger partial charge in [-0.1, -0.05) is 12.1 Å². The Balaban J connectivity index is 1.47. The zero-order valence-corrected chi connectivity index (χ0v) is 14.9. The number of anilines is 2. The number of nitrogens with one attached hydrogen (secondary N) is 1. The van der Waals surface area contributed by atoms with E-state index in [1.807, 2.05) is 31.5 Å². The van der Waals surface area contributed by atoms with Crippen LogP contribution in [-0.2, 0) is 4.74 Å². The third-order valence-electron chi connectivity index (χ3n) is 5.62. The molecule has 2 fully saturated rings. The van der Waals surface area contributed by atoms with E-state index in [1.165, 1.54) is 0 Å². The Kier molecular flexibility index (Phi) is 4.57. The topological polar surface area (TPSA) is 50.3 Å². The van der Waals surface area contributed by atoms with Gasteiger partial charge in [0.1, 0.15) is 11.6 Å². The fourth-order valence-electron chi connectivity index (χ4n) is 4.36. The highest BCUT2D eigenvalue weighted by Gasteiger charge is 2.42. The standard InChI is InChI=1S/C20H26N4O/c1-14-6-5-8-20(22-14)24-12-15-10-17(18(25-2)11-16(15)13-24)23-19-7-3-4-9-21-19/h3-9,15-18H,10-13H2,1-2H3,(H,21,23)/t15-,16+,17-,18-/m1/s1. The van der Waals surface area contributed by atoms with Gasteiger partial charge in [0.2, 0.25) is 0 Å². The maximum absolute atomic E-state index is 5.82. The van der Waals surface area contributed by atoms with Crippen LogP contribution >= 0.6 is 0 Å². The molecule has 1 aliphatic heterocycles. The number of aromatic nitrogens is 2. The summed E-state index contributed by atoms with van der Waals surface area (Å²) >= 11 is 0. The molecule has 0 unspecified atom stereocenters. The van der Waals surface area contributed by atoms with E-state index < -0.39 is 0 Å². The van der Waals surface area contributed by atoms with E-state index in [0.29, 0.717) is 17.9 Å². The first-order valence-electron chi connectivity index (χ1n) is 9.12. The lowest BCUT2D eigenvalue weighted by Crippen LogP contribution is -2.44. The SMILES string of the molecule is CO[C@@H]1C[C@H]2CN(c3cccc(C)n3)C[C@H]2C[C@H]1Nc1ccccn1. The van der Waals surface area contributed by atoms with Gasteiger partial charge in [0.25, 0.3) is 0 Å². The second kappa shape index (κ2) is 7.00. The summed E-state index contributed by atoms with van der Waals surface area (Å²) < 4.78 is 5.82. The lowest BCUT2D eigenvalue weighted by atomic mass is 9.77. The molecule has 2 aromatic rings. The number of fused-ring (bicyclic) bond motifs is 1. The average molecular weight is 338 g/mol. The number of hydrogen-bond donors (Lipinski definition) is 1. The highest BCUT2D eigenvalue weighted by molar-refractivity contribution is 5.41. The van der Waals surface area contributed by atoms with Crippen LogP contribution in [-0.4, -0.2) is 42.3 Å². The highest BCUT2D eigenvalue weighted by Crippen LogP contribution is 2.39. The van der Waals surface area contributed by atoms with E-state index in [4.69, 9.17) is 9.72 Å². The van der Waals surface area contributed by atoms with Crippen LogP contribution in [0.5, 0.6) is 0 Å². The van der Waals surface area contributed by atoms with Crippen LogP contribution in [0.2, 0.25) is 0 Å². The molecular formula is C20H26N4O. The summed E-state index contributed by atoms with van der Waals surface area (Å²) in [7, 11) is 1.83. The highest BCUT2D eigenvalue weighted by atomic mass is 16.5. The Labute approximate surface area is 149 Å². The molecule has 4 rings (SSSR count). The quantitative estimate of drug-likeness (QED) is 0.928. The van der Waals surface area contributed by atoms with Crippen molar-refractivity contribution in [2.75, 3.05) is 30.4 Å². The predicted molar refractivity (Wildman–Crippen MR) is 99.8 cm³/mol. The largest absolute Gasteiger partial charge is 0.379 e. The summed E-state index contributed by atoms with van der Waals surface area (Å²) in [6, 6.07) is 12.6. The number of hydrogen-bond acceptors (Lipinski definition) is 5. The van der Waals surface area contributed by atoms with E-state index in [2.05, 4.69) is 40.3 Å². The third-order valence-corrected chi connectivity index (χ3v) is 5.62. The molecule has 1 aliphatic carbocycles. The summed E-state index contributed by atoms with van der Waals surface area (Å²) in [5.74, 6) is 3.39. The molecule has 2 aromatic heterocycles. The molecule has 5 nitrogen and oxygen atoms in total. The van der Waals surface area contributed by atoms with E-state index >= 15 is 0 Å². The molecule has 132 valence electrons. The second-order valence-corrected chi connectivity index (χ2v) is 7.27. The van der Waals surface area contributed by atoms with Crippen molar-refractivity contribution in [3.05, 3.63) is 48.3 Å². The first-order chi connectivity index (χ1) is 12.2. The van der Waals surface area contributed by atoms with E-state index in [0.717, 1.165) is 43.3 Å². The first-order valence-corrected chi connectivity index (χ1v) is 9.12. The van der Waals surface area contributed by atoms with Crippen molar-refractivity contribution in [3.63, 3.8) is 0 Å². The molecule has 1 saturated heterocycles. The fraction of sp³-hybridized carbons (Fsp3) is 0.500. The van der Waals surface area contributed by atoms with Crippen LogP contribution in [0.4, 0.5) is 11.6 Å². The minimum absolute atomic E-state index is 0.230. The molecule has 4 atom stereocenters. The Hall–Kier alpha value is -2.14. The summed E-state index contributed by atoms with van der Waals surface area (Å²) in [6.45, 7) is 4.22. The molecular weight excluding hydrogens is 312 g/mol. The van der Waals surface area contributed by atoms with Gasteiger partial charge in [-0.25, -0.2) is 9.97 Å². The minimum atomic E-state index is 0.230. The Morgan fingerprint density at radius 1 is 1.08 bits per heavy atom. The Morgan fingerprint density at radius 3 is 2.64 bits per heavy atom. The zero-order chi connectivity index (χ0) is 17.2. The number of nitrogens with zero attached hydrogens (tertiary/aromatic N) is 3. The predicted octanol–water partition coefficient (Wildman–Crippen LogP) is 3.13. The maximum atomic E-state index is 5.82. The van der Waals surface area contributed by atoms with Crippen molar-refractivity contribution in [2.24, 2.45) is 11.8 Å². The molecule has 2 aliphatic rings. The smallest absolute Gasteiger partial charge is 0.128 e. The van der Waals surface area contributed by atoms with Crippen LogP contribution in [0.15, 0.2) is 42.6 Å². The molecule has 0 spiro atoms. The minimum Gasteiger partial charge on any atom is -0.379 e. The Morgan fingerprint density at radius 2 is 1.92 bits per heavy atom. The van der Waals surface area contributed by atoms with Crippen molar-refractivity contribution < 1.29 is 4.74 Å². The van der Waals surface area contributed by atoms with Gasteiger partial charge in [0, 0.05) is 32.1 Å². The van der Waals surface area contributed by atoms with Crippen LogP contribution in [0.3, 0.4) is 0 Å². The van der Waals surface area contributed by atoms with Crippen LogP contribution < -0.4 is 10.2 Å². The molecule has 5 heteroatoms. The van der Waals surface area contributed by atoms with Crippen molar-refractivity contribution in [3.8, 4) is 0 Å². The number of rotatable bonds is 4. The second-order valence-electron chi connectivity index (χ2n) is 7.27. The molecule has 1 N–H and O–H groups in total. The lowest BCUT2D eigenvalue weighted by Gasteiger charge is -2.37. The van der Waals surface area contributed by atoms with Gasteiger partial charge in [-0.2, -0.15) is 0 Å². The molecule has 0 radical (unpaired) electrons. The molecule has 25 heavy (non-hydrogen) atoms. The normalized spacial score (nSPS) is 28.6. The lowest BCUT2D eigenvalue weighted by molar-refractivity contribution is 0.0305. The van der Waals surface area contributed by atoms with Gasteiger partial charge < -0.3 is 15.0 Å². The number of pyridine rings is 2. The summed E-state index contributed by atoms with van der Waals surface area (Å²) in [5.41, 5.74) is 1.08. The van der Waals surface area contributed by atoms with Gasteiger partial charge in [0.15, 0.2) is 0 Å². The molecule has 3 heterocycles. The Bertz CT molecular complexity index is 708. The van der Waals surface area contributed by atoms with E-state index in [-0.39, 0.29) is 6.10 Å². The molecule has 1 saturated carbocycles. The van der Waals surface area contributed by atoms with Gasteiger partial charge in [-0.3, -0.25) is 0 Å². The van der Waals surface area contributed by atoms with E-state index in [1.54, 1.807) is 0 Å². The maximum Gasteiger partial charge on any atom is 0.128 e. The van der Waals surface area contributed by atoms with Crippen molar-refractivity contribution in [1.29, 1.82) is 0 Å². The first kappa shape index (κ1) is 16.3. The van der Waals surface area contributed by atoms with Crippen LogP contribution in [0.1, 0.15) is 18.5 Å². The summed E-state index contributed by atoms with van der Waals surface area (Å²) in [4.78, 5) is 11.6. The van der Waals surface area contributed by atoms with Gasteiger partial charge in [-0.15, -0.1) is 0 Å². The zero-order valence-electron chi connectivity index (χ0n) is 14.9. The molecule has 0 aromatic carbocycles. The summed E-state index contributed by atoms with van der Waals surface area (Å²) in [5, 5.41) is 3.59. The number of methoxy groups -OCH3 is 1. The van der Waals surface area contributed by atoms with Gasteiger partial charge >= 0.3 is 0 Å². The third kappa shape index (κ3) is 3.47. The van der Waals surface area contributed by atoms with E-state index in [9.17, 15) is 0 Å². The molecule has 0 bridgehead atoms. The fourth-order valence-corrected chi connectivity index (χ4v) is 4.36. The van der Waals surface area contributed by atoms with Crippen molar-refractivity contribution in [2.45, 2.75) is 31.9 Å². The van der Waals surface area contributed by atoms with Gasteiger partial charge in [-0.05, 0) is 55.9 Å². The number of aryl methyl sites for hydroxylation is 1. The number of ether oxygens (including phenoxy) is 1.